The van der Waals surface area contributed by atoms with E-state index in [0.29, 0.717) is 0 Å². The molecular weight excluding hydrogens is 165 g/mol. The van der Waals surface area contributed by atoms with Gasteiger partial charge in [-0.05, 0) is 37.2 Å². The molecule has 0 fully saturated rings. The lowest BCUT2D eigenvalue weighted by Gasteiger charge is -2.14. The van der Waals surface area contributed by atoms with Gasteiger partial charge in [-0.15, -0.1) is 6.58 Å². The Labute approximate surface area is 78.3 Å². The highest BCUT2D eigenvalue weighted by molar-refractivity contribution is 5.31. The summed E-state index contributed by atoms with van der Waals surface area (Å²) in [5, 5.41) is 3.09. The Morgan fingerprint density at radius 3 is 2.69 bits per heavy atom. The van der Waals surface area contributed by atoms with Crippen molar-refractivity contribution in [1.29, 1.82) is 0 Å². The molecule has 0 aliphatic carbocycles. The molecule has 0 bridgehead atoms. The first-order valence-corrected chi connectivity index (χ1v) is 4.25. The number of rotatable bonds is 3. The van der Waals surface area contributed by atoms with E-state index in [2.05, 4.69) is 11.9 Å². The number of likely N-dealkylation sites (N-methyl/N-ethyl adjacent to an activating group) is 1. The van der Waals surface area contributed by atoms with Crippen LogP contribution in [0.5, 0.6) is 0 Å². The van der Waals surface area contributed by atoms with Crippen LogP contribution >= 0.6 is 0 Å². The molecule has 0 saturated carbocycles. The molecule has 13 heavy (non-hydrogen) atoms. The third-order valence-corrected chi connectivity index (χ3v) is 2.11. The van der Waals surface area contributed by atoms with Crippen LogP contribution in [-0.4, -0.2) is 7.05 Å². The highest BCUT2D eigenvalue weighted by atomic mass is 19.1. The average Bonchev–Trinajstić information content (AvgIpc) is 2.10. The molecule has 0 saturated heterocycles. The number of nitrogens with one attached hydrogen (secondary N) is 1. The van der Waals surface area contributed by atoms with Crippen LogP contribution in [0.4, 0.5) is 4.39 Å². The first-order valence-electron chi connectivity index (χ1n) is 4.25. The highest BCUT2D eigenvalue weighted by Crippen LogP contribution is 2.18. The van der Waals surface area contributed by atoms with Gasteiger partial charge in [0.05, 0.1) is 6.04 Å². The second kappa shape index (κ2) is 4.19. The van der Waals surface area contributed by atoms with Crippen LogP contribution in [0, 0.1) is 12.7 Å². The quantitative estimate of drug-likeness (QED) is 0.703. The van der Waals surface area contributed by atoms with E-state index in [1.807, 2.05) is 14.0 Å². The van der Waals surface area contributed by atoms with Gasteiger partial charge in [0.25, 0.3) is 0 Å². The van der Waals surface area contributed by atoms with Crippen molar-refractivity contribution in [2.75, 3.05) is 7.05 Å². The Bertz CT molecular complexity index is 307. The average molecular weight is 179 g/mol. The van der Waals surface area contributed by atoms with Gasteiger partial charge in [0.2, 0.25) is 0 Å². The molecule has 1 nitrogen and oxygen atoms in total. The number of halogens is 1. The van der Waals surface area contributed by atoms with E-state index in [9.17, 15) is 4.39 Å². The molecule has 0 heterocycles. The third kappa shape index (κ3) is 2.16. The van der Waals surface area contributed by atoms with Crippen LogP contribution in [-0.2, 0) is 0 Å². The molecule has 2 heteroatoms. The van der Waals surface area contributed by atoms with Crippen molar-refractivity contribution in [2.45, 2.75) is 13.0 Å². The van der Waals surface area contributed by atoms with E-state index in [4.69, 9.17) is 0 Å². The fraction of sp³-hybridized carbons (Fsp3) is 0.273. The first-order chi connectivity index (χ1) is 6.19. The van der Waals surface area contributed by atoms with Crippen molar-refractivity contribution in [1.82, 2.24) is 5.32 Å². The van der Waals surface area contributed by atoms with E-state index < -0.39 is 0 Å². The van der Waals surface area contributed by atoms with Gasteiger partial charge in [0.15, 0.2) is 0 Å². The fourth-order valence-electron chi connectivity index (χ4n) is 1.39. The predicted molar refractivity (Wildman–Crippen MR) is 53.1 cm³/mol. The molecule has 0 amide bonds. The predicted octanol–water partition coefficient (Wildman–Crippen LogP) is 2.58. The zero-order valence-electron chi connectivity index (χ0n) is 7.97. The minimum Gasteiger partial charge on any atom is -0.310 e. The summed E-state index contributed by atoms with van der Waals surface area (Å²) in [6.45, 7) is 5.61. The number of hydrogen-bond acceptors (Lipinski definition) is 1. The molecule has 0 spiro atoms. The van der Waals surface area contributed by atoms with Crippen LogP contribution in [0.25, 0.3) is 0 Å². The zero-order chi connectivity index (χ0) is 9.84. The second-order valence-corrected chi connectivity index (χ2v) is 3.00. The molecule has 0 aromatic heterocycles. The molecule has 1 aromatic carbocycles. The fourth-order valence-corrected chi connectivity index (χ4v) is 1.39. The number of benzene rings is 1. The van der Waals surface area contributed by atoms with Crippen molar-refractivity contribution >= 4 is 0 Å². The summed E-state index contributed by atoms with van der Waals surface area (Å²) in [4.78, 5) is 0. The van der Waals surface area contributed by atoms with E-state index >= 15 is 0 Å². The Balaban J connectivity index is 3.06. The van der Waals surface area contributed by atoms with Gasteiger partial charge in [-0.25, -0.2) is 4.39 Å². The van der Waals surface area contributed by atoms with Gasteiger partial charge < -0.3 is 5.32 Å². The topological polar surface area (TPSA) is 12.0 Å². The van der Waals surface area contributed by atoms with Crippen molar-refractivity contribution in [3.63, 3.8) is 0 Å². The van der Waals surface area contributed by atoms with Crippen LogP contribution in [0.1, 0.15) is 17.2 Å². The van der Waals surface area contributed by atoms with Gasteiger partial charge >= 0.3 is 0 Å². The van der Waals surface area contributed by atoms with E-state index in [1.165, 1.54) is 12.1 Å². The smallest absolute Gasteiger partial charge is 0.123 e. The summed E-state index contributed by atoms with van der Waals surface area (Å²) in [6, 6.07) is 4.88. The van der Waals surface area contributed by atoms with E-state index in [-0.39, 0.29) is 11.9 Å². The zero-order valence-corrected chi connectivity index (χ0v) is 7.97. The Kier molecular flexibility index (Phi) is 3.20. The Morgan fingerprint density at radius 1 is 1.54 bits per heavy atom. The van der Waals surface area contributed by atoms with Gasteiger partial charge in [0, 0.05) is 0 Å². The van der Waals surface area contributed by atoms with Crippen molar-refractivity contribution < 1.29 is 4.39 Å². The maximum atomic E-state index is 12.8. The molecule has 0 radical (unpaired) electrons. The summed E-state index contributed by atoms with van der Waals surface area (Å²) in [6.07, 6.45) is 1.81. The van der Waals surface area contributed by atoms with Crippen molar-refractivity contribution in [3.8, 4) is 0 Å². The lowest BCUT2D eigenvalue weighted by Crippen LogP contribution is -2.14. The summed E-state index contributed by atoms with van der Waals surface area (Å²) in [5.41, 5.74) is 2.01. The summed E-state index contributed by atoms with van der Waals surface area (Å²) < 4.78 is 12.8. The van der Waals surface area contributed by atoms with Crippen LogP contribution < -0.4 is 5.32 Å². The maximum Gasteiger partial charge on any atom is 0.123 e. The van der Waals surface area contributed by atoms with Crippen LogP contribution in [0.2, 0.25) is 0 Å². The molecular formula is C11H14FN. The first kappa shape index (κ1) is 9.93. The minimum atomic E-state index is -0.194. The van der Waals surface area contributed by atoms with Crippen LogP contribution in [0.3, 0.4) is 0 Å². The normalized spacial score (nSPS) is 12.5. The van der Waals surface area contributed by atoms with Gasteiger partial charge in [0.1, 0.15) is 5.82 Å². The molecule has 0 aliphatic heterocycles. The van der Waals surface area contributed by atoms with E-state index in [1.54, 1.807) is 12.1 Å². The SMILES string of the molecule is C=CC(NC)c1ccc(F)cc1C. The summed E-state index contributed by atoms with van der Waals surface area (Å²) in [5.74, 6) is -0.194. The van der Waals surface area contributed by atoms with Gasteiger partial charge in [-0.1, -0.05) is 12.1 Å². The van der Waals surface area contributed by atoms with Gasteiger partial charge in [-0.3, -0.25) is 0 Å². The van der Waals surface area contributed by atoms with Crippen LogP contribution in [0.15, 0.2) is 30.9 Å². The molecule has 1 atom stereocenters. The Hall–Kier alpha value is -1.15. The third-order valence-electron chi connectivity index (χ3n) is 2.11. The summed E-state index contributed by atoms with van der Waals surface area (Å²) in [7, 11) is 1.86. The minimum absolute atomic E-state index is 0.0978. The lowest BCUT2D eigenvalue weighted by atomic mass is 10.0. The summed E-state index contributed by atoms with van der Waals surface area (Å²) >= 11 is 0. The maximum absolute atomic E-state index is 12.8. The highest BCUT2D eigenvalue weighted by Gasteiger charge is 2.07. The molecule has 70 valence electrons. The van der Waals surface area contributed by atoms with Crippen molar-refractivity contribution in [2.24, 2.45) is 0 Å². The molecule has 1 unspecified atom stereocenters. The largest absolute Gasteiger partial charge is 0.310 e. The molecule has 1 rings (SSSR count). The monoisotopic (exact) mass is 179 g/mol. The standard InChI is InChI=1S/C11H14FN/c1-4-11(13-3)10-6-5-9(12)7-8(10)2/h4-7,11,13H,1H2,2-3H3. The molecule has 1 aromatic rings. The molecule has 0 aliphatic rings. The lowest BCUT2D eigenvalue weighted by molar-refractivity contribution is 0.622. The van der Waals surface area contributed by atoms with E-state index in [0.717, 1.165) is 11.1 Å². The van der Waals surface area contributed by atoms with Gasteiger partial charge in [-0.2, -0.15) is 0 Å². The number of hydrogen-bond donors (Lipinski definition) is 1. The Morgan fingerprint density at radius 2 is 2.23 bits per heavy atom. The van der Waals surface area contributed by atoms with Crippen molar-refractivity contribution in [3.05, 3.63) is 47.8 Å². The second-order valence-electron chi connectivity index (χ2n) is 3.00. The number of aryl methyl sites for hydroxylation is 1. The molecule has 1 N–H and O–H groups in total.